The number of benzene rings is 1. The molecule has 218 valence electrons. The van der Waals surface area contributed by atoms with Crippen LogP contribution in [0.25, 0.3) is 32.9 Å². The first-order valence-corrected chi connectivity index (χ1v) is 15.5. The van der Waals surface area contributed by atoms with E-state index < -0.39 is 12.0 Å². The molecule has 4 fully saturated rings. The van der Waals surface area contributed by atoms with Crippen molar-refractivity contribution in [1.29, 1.82) is 0 Å². The Bertz CT molecular complexity index is 1660. The van der Waals surface area contributed by atoms with E-state index in [4.69, 9.17) is 14.7 Å². The molecule has 3 aromatic heterocycles. The Balaban J connectivity index is 1.25. The summed E-state index contributed by atoms with van der Waals surface area (Å²) in [4.78, 5) is 23.2. The Kier molecular flexibility index (Phi) is 6.28. The van der Waals surface area contributed by atoms with Crippen molar-refractivity contribution >= 4 is 27.5 Å². The average Bonchev–Trinajstić information content (AvgIpc) is 3.65. The van der Waals surface area contributed by atoms with Gasteiger partial charge in [-0.1, -0.05) is 25.1 Å². The van der Waals surface area contributed by atoms with Gasteiger partial charge in [0.1, 0.15) is 29.8 Å². The molecule has 2 bridgehead atoms. The van der Waals surface area contributed by atoms with Gasteiger partial charge in [0.25, 0.3) is 0 Å². The van der Waals surface area contributed by atoms with E-state index in [0.29, 0.717) is 48.2 Å². The number of pyridine rings is 2. The highest BCUT2D eigenvalue weighted by molar-refractivity contribution is 6.00. The molecule has 4 aromatic rings. The van der Waals surface area contributed by atoms with Crippen LogP contribution in [0.1, 0.15) is 51.0 Å². The van der Waals surface area contributed by atoms with E-state index in [9.17, 15) is 4.39 Å². The maximum Gasteiger partial charge on any atom is 0.319 e. The van der Waals surface area contributed by atoms with Crippen molar-refractivity contribution in [1.82, 2.24) is 24.8 Å². The highest BCUT2D eigenvalue weighted by Gasteiger charge is 2.49. The lowest BCUT2D eigenvalue weighted by atomic mass is 9.95. The second-order valence-corrected chi connectivity index (χ2v) is 12.9. The summed E-state index contributed by atoms with van der Waals surface area (Å²) < 4.78 is 37.4. The highest BCUT2D eigenvalue weighted by Crippen LogP contribution is 2.43. The van der Waals surface area contributed by atoms with Crippen molar-refractivity contribution in [2.45, 2.75) is 63.6 Å². The van der Waals surface area contributed by atoms with Crippen molar-refractivity contribution in [3.63, 3.8) is 0 Å². The van der Waals surface area contributed by atoms with E-state index in [1.807, 2.05) is 18.3 Å². The van der Waals surface area contributed by atoms with Gasteiger partial charge in [0.15, 0.2) is 5.82 Å². The second kappa shape index (κ2) is 10.1. The van der Waals surface area contributed by atoms with Gasteiger partial charge in [-0.05, 0) is 67.9 Å². The minimum Gasteiger partial charge on any atom is -0.461 e. The lowest BCUT2D eigenvalue weighted by Gasteiger charge is -2.34. The van der Waals surface area contributed by atoms with Crippen molar-refractivity contribution < 1.29 is 13.5 Å². The van der Waals surface area contributed by atoms with E-state index >= 15 is 4.39 Å². The SMILES string of the molecule is CCc1cccc2cncc(-c3ncc4c(N5CC6CCC(C6)C5)nc(OC[C@]56CCCN5C[C@@H](F)C6)nc4c3F)c12. The Labute approximate surface area is 244 Å². The number of hydrogen-bond donors (Lipinski definition) is 0. The van der Waals surface area contributed by atoms with E-state index in [2.05, 4.69) is 32.8 Å². The van der Waals surface area contributed by atoms with Gasteiger partial charge in [-0.3, -0.25) is 14.9 Å². The van der Waals surface area contributed by atoms with Crippen LogP contribution in [0, 0.1) is 17.7 Å². The predicted molar refractivity (Wildman–Crippen MR) is 159 cm³/mol. The minimum atomic E-state index is -0.848. The maximum absolute atomic E-state index is 16.7. The van der Waals surface area contributed by atoms with Crippen molar-refractivity contribution in [3.8, 4) is 17.3 Å². The molecular weight excluding hydrogens is 534 g/mol. The Morgan fingerprint density at radius 1 is 1.07 bits per heavy atom. The Morgan fingerprint density at radius 2 is 1.93 bits per heavy atom. The fourth-order valence-electron chi connectivity index (χ4n) is 8.33. The van der Waals surface area contributed by atoms with Crippen molar-refractivity contribution in [2.24, 2.45) is 11.8 Å². The Hall–Kier alpha value is -3.46. The van der Waals surface area contributed by atoms with Gasteiger partial charge < -0.3 is 9.64 Å². The van der Waals surface area contributed by atoms with E-state index in [-0.39, 0.29) is 22.8 Å². The third-order valence-electron chi connectivity index (χ3n) is 10.3. The lowest BCUT2D eigenvalue weighted by molar-refractivity contribution is 0.107. The number of rotatable bonds is 6. The molecule has 6 heterocycles. The van der Waals surface area contributed by atoms with E-state index in [1.165, 1.54) is 19.3 Å². The van der Waals surface area contributed by atoms with Gasteiger partial charge in [-0.25, -0.2) is 8.78 Å². The molecular formula is C33H36F2N6O. The summed E-state index contributed by atoms with van der Waals surface area (Å²) in [7, 11) is 0. The van der Waals surface area contributed by atoms with Crippen LogP contribution in [0.2, 0.25) is 0 Å². The molecule has 3 aliphatic heterocycles. The van der Waals surface area contributed by atoms with Gasteiger partial charge in [-0.2, -0.15) is 9.97 Å². The van der Waals surface area contributed by atoms with Gasteiger partial charge >= 0.3 is 6.01 Å². The quantitative estimate of drug-likeness (QED) is 0.276. The smallest absolute Gasteiger partial charge is 0.319 e. The summed E-state index contributed by atoms with van der Waals surface area (Å²) >= 11 is 0. The molecule has 0 N–H and O–H groups in total. The van der Waals surface area contributed by atoms with Gasteiger partial charge in [-0.15, -0.1) is 0 Å². The molecule has 4 aliphatic rings. The highest BCUT2D eigenvalue weighted by atomic mass is 19.1. The van der Waals surface area contributed by atoms with Crippen LogP contribution in [0.3, 0.4) is 0 Å². The van der Waals surface area contributed by atoms with E-state index in [0.717, 1.165) is 55.2 Å². The number of hydrogen-bond acceptors (Lipinski definition) is 7. The first kappa shape index (κ1) is 26.2. The molecule has 0 spiro atoms. The summed E-state index contributed by atoms with van der Waals surface area (Å²) in [5, 5.41) is 2.51. The topological polar surface area (TPSA) is 67.3 Å². The van der Waals surface area contributed by atoms with Crippen LogP contribution in [-0.2, 0) is 6.42 Å². The summed E-state index contributed by atoms with van der Waals surface area (Å²) in [6.45, 7) is 5.51. The van der Waals surface area contributed by atoms with Gasteiger partial charge in [0, 0.05) is 55.6 Å². The number of nitrogens with zero attached hydrogens (tertiary/aromatic N) is 6. The van der Waals surface area contributed by atoms with Crippen LogP contribution >= 0.6 is 0 Å². The normalized spacial score (nSPS) is 27.3. The number of anilines is 1. The first-order chi connectivity index (χ1) is 20.5. The summed E-state index contributed by atoms with van der Waals surface area (Å²) in [5.41, 5.74) is 1.87. The molecule has 1 aromatic carbocycles. The largest absolute Gasteiger partial charge is 0.461 e. The first-order valence-electron chi connectivity index (χ1n) is 15.5. The van der Waals surface area contributed by atoms with Crippen LogP contribution in [0.4, 0.5) is 14.6 Å². The van der Waals surface area contributed by atoms with Crippen molar-refractivity contribution in [3.05, 3.63) is 48.2 Å². The molecule has 7 nitrogen and oxygen atoms in total. The molecule has 8 rings (SSSR count). The lowest BCUT2D eigenvalue weighted by Crippen LogP contribution is -2.43. The minimum absolute atomic E-state index is 0.153. The molecule has 9 heteroatoms. The zero-order valence-corrected chi connectivity index (χ0v) is 24.0. The number of aryl methyl sites for hydroxylation is 1. The molecule has 1 saturated carbocycles. The van der Waals surface area contributed by atoms with Crippen molar-refractivity contribution in [2.75, 3.05) is 37.7 Å². The Morgan fingerprint density at radius 3 is 2.76 bits per heavy atom. The maximum atomic E-state index is 16.7. The molecule has 0 radical (unpaired) electrons. The third kappa shape index (κ3) is 4.22. The molecule has 0 amide bonds. The van der Waals surface area contributed by atoms with Crippen LogP contribution < -0.4 is 9.64 Å². The molecule has 42 heavy (non-hydrogen) atoms. The van der Waals surface area contributed by atoms with Crippen LogP contribution in [-0.4, -0.2) is 69.3 Å². The fraction of sp³-hybridized carbons (Fsp3) is 0.515. The monoisotopic (exact) mass is 570 g/mol. The van der Waals surface area contributed by atoms with E-state index in [1.54, 1.807) is 12.4 Å². The summed E-state index contributed by atoms with van der Waals surface area (Å²) in [6.07, 6.45) is 11.3. The molecule has 3 saturated heterocycles. The van der Waals surface area contributed by atoms with Gasteiger partial charge in [0.05, 0.1) is 10.9 Å². The van der Waals surface area contributed by atoms with Crippen LogP contribution in [0.15, 0.2) is 36.8 Å². The summed E-state index contributed by atoms with van der Waals surface area (Å²) in [6, 6.07) is 6.22. The standard InChI is InChI=1S/C33H36F2N6O/c1-2-22-5-3-6-23-13-36-14-25(27(22)23)29-28(35)30-26(15-37-29)31(40-16-20-7-8-21(11-20)17-40)39-32(38-30)42-19-33-9-4-10-41(33)18-24(34)12-33/h3,5-6,13-15,20-21,24H,2,4,7-12,16-19H2,1H3/t20?,21?,24-,33+/m0/s1. The number of fused-ring (bicyclic) bond motifs is 5. The zero-order chi connectivity index (χ0) is 28.4. The number of alkyl halides is 1. The average molecular weight is 571 g/mol. The second-order valence-electron chi connectivity index (χ2n) is 12.9. The predicted octanol–water partition coefficient (Wildman–Crippen LogP) is 6.13. The molecule has 4 atom stereocenters. The number of aromatic nitrogens is 4. The summed E-state index contributed by atoms with van der Waals surface area (Å²) in [5.74, 6) is 1.43. The number of halogens is 2. The fourth-order valence-corrected chi connectivity index (χ4v) is 8.33. The molecule has 1 aliphatic carbocycles. The zero-order valence-electron chi connectivity index (χ0n) is 24.0. The number of piperidine rings is 1. The van der Waals surface area contributed by atoms with Gasteiger partial charge in [0.2, 0.25) is 0 Å². The van der Waals surface area contributed by atoms with Crippen LogP contribution in [0.5, 0.6) is 6.01 Å². The number of ether oxygens (including phenoxy) is 1. The molecule has 2 unspecified atom stereocenters. The third-order valence-corrected chi connectivity index (χ3v) is 10.3.